The Balaban J connectivity index is 0.000000613. The van der Waals surface area contributed by atoms with Gasteiger partial charge >= 0.3 is 6.15 Å². The fourth-order valence-corrected chi connectivity index (χ4v) is 3.02. The van der Waals surface area contributed by atoms with E-state index in [1.165, 1.54) is 23.7 Å². The monoisotopic (exact) mass is 366 g/mol. The zero-order valence-electron chi connectivity index (χ0n) is 13.3. The second-order valence-corrected chi connectivity index (χ2v) is 5.86. The zero-order valence-corrected chi connectivity index (χ0v) is 14.1. The standard InChI is InChI=1S/C18H11FN2OS.CO2/c19-16-6-2-4-13(10-16)12-3-1-5-14(9-12)17-20-18(23-21-17)15-7-8-22-11-15;2-1-3/h1-11H;. The smallest absolute Gasteiger partial charge is 0.373 e. The third-order valence-electron chi connectivity index (χ3n) is 3.47. The molecule has 2 heterocycles. The number of aromatic nitrogens is 2. The molecule has 0 aliphatic heterocycles. The minimum Gasteiger partial charge on any atom is -0.472 e. The lowest BCUT2D eigenvalue weighted by molar-refractivity contribution is -0.191. The van der Waals surface area contributed by atoms with Crippen molar-refractivity contribution in [3.8, 4) is 33.1 Å². The van der Waals surface area contributed by atoms with Gasteiger partial charge in [0.05, 0.1) is 11.8 Å². The highest BCUT2D eigenvalue weighted by Gasteiger charge is 2.10. The average Bonchev–Trinajstić information content (AvgIpc) is 3.34. The minimum atomic E-state index is -0.248. The van der Waals surface area contributed by atoms with Gasteiger partial charge in [-0.05, 0) is 46.9 Å². The lowest BCUT2D eigenvalue weighted by Gasteiger charge is -2.03. The van der Waals surface area contributed by atoms with Crippen LogP contribution in [-0.2, 0) is 9.59 Å². The van der Waals surface area contributed by atoms with Crippen molar-refractivity contribution >= 4 is 17.7 Å². The first-order valence-electron chi connectivity index (χ1n) is 7.43. The molecule has 4 rings (SSSR count). The summed E-state index contributed by atoms with van der Waals surface area (Å²) < 4.78 is 22.9. The highest BCUT2D eigenvalue weighted by Crippen LogP contribution is 2.29. The Morgan fingerprint density at radius 1 is 0.923 bits per heavy atom. The summed E-state index contributed by atoms with van der Waals surface area (Å²) >= 11 is 1.33. The lowest BCUT2D eigenvalue weighted by atomic mass is 10.0. The number of halogens is 1. The van der Waals surface area contributed by atoms with Crippen LogP contribution in [-0.4, -0.2) is 15.5 Å². The van der Waals surface area contributed by atoms with Crippen LogP contribution in [0.3, 0.4) is 0 Å². The van der Waals surface area contributed by atoms with Gasteiger partial charge in [-0.25, -0.2) is 9.37 Å². The number of rotatable bonds is 3. The SMILES string of the molecule is Fc1cccc(-c2cccc(-c3nsc(-c4ccoc4)n3)c2)c1.O=C=O. The molecule has 2 aromatic carbocycles. The van der Waals surface area contributed by atoms with Gasteiger partial charge < -0.3 is 4.42 Å². The molecule has 0 bridgehead atoms. The first-order chi connectivity index (χ1) is 12.7. The first kappa shape index (κ1) is 17.4. The molecule has 0 aliphatic rings. The van der Waals surface area contributed by atoms with E-state index in [1.807, 2.05) is 36.4 Å². The Kier molecular flexibility index (Phi) is 5.43. The molecule has 7 heteroatoms. The van der Waals surface area contributed by atoms with Crippen LogP contribution in [0.2, 0.25) is 0 Å². The van der Waals surface area contributed by atoms with Crippen molar-refractivity contribution in [1.82, 2.24) is 9.36 Å². The third kappa shape index (κ3) is 3.97. The quantitative estimate of drug-likeness (QED) is 0.526. The Morgan fingerprint density at radius 2 is 1.62 bits per heavy atom. The summed E-state index contributed by atoms with van der Waals surface area (Å²) in [4.78, 5) is 20.8. The maximum Gasteiger partial charge on any atom is 0.373 e. The molecule has 0 amide bonds. The highest BCUT2D eigenvalue weighted by molar-refractivity contribution is 7.09. The maximum atomic E-state index is 13.4. The van der Waals surface area contributed by atoms with E-state index in [9.17, 15) is 4.39 Å². The summed E-state index contributed by atoms with van der Waals surface area (Å²) in [6.07, 6.45) is 3.51. The highest BCUT2D eigenvalue weighted by atomic mass is 32.1. The Hall–Kier alpha value is -3.41. The predicted molar refractivity (Wildman–Crippen MR) is 93.4 cm³/mol. The van der Waals surface area contributed by atoms with Gasteiger partial charge in [-0.1, -0.05) is 30.3 Å². The van der Waals surface area contributed by atoms with Gasteiger partial charge in [0.1, 0.15) is 17.1 Å². The number of furan rings is 1. The molecule has 0 radical (unpaired) electrons. The molecular weight excluding hydrogens is 355 g/mol. The van der Waals surface area contributed by atoms with Gasteiger partial charge in [0.15, 0.2) is 5.82 Å². The summed E-state index contributed by atoms with van der Waals surface area (Å²) in [5.74, 6) is 0.409. The van der Waals surface area contributed by atoms with E-state index in [0.29, 0.717) is 5.82 Å². The number of carbonyl (C=O) groups excluding carboxylic acids is 2. The van der Waals surface area contributed by atoms with E-state index < -0.39 is 0 Å². The summed E-state index contributed by atoms with van der Waals surface area (Å²) in [7, 11) is 0. The number of hydrogen-bond acceptors (Lipinski definition) is 6. The van der Waals surface area contributed by atoms with Crippen LogP contribution in [0.4, 0.5) is 4.39 Å². The van der Waals surface area contributed by atoms with Crippen LogP contribution in [0, 0.1) is 5.82 Å². The normalized spacial score (nSPS) is 9.88. The number of hydrogen-bond donors (Lipinski definition) is 0. The average molecular weight is 366 g/mol. The molecule has 0 saturated heterocycles. The summed E-state index contributed by atoms with van der Waals surface area (Å²) in [6.45, 7) is 0. The van der Waals surface area contributed by atoms with Crippen molar-refractivity contribution in [2.75, 3.05) is 0 Å². The fourth-order valence-electron chi connectivity index (χ4n) is 2.35. The van der Waals surface area contributed by atoms with E-state index in [4.69, 9.17) is 14.0 Å². The molecule has 0 atom stereocenters. The molecule has 0 spiro atoms. The summed E-state index contributed by atoms with van der Waals surface area (Å²) in [6, 6.07) is 16.2. The summed E-state index contributed by atoms with van der Waals surface area (Å²) in [5, 5.41) is 0.810. The van der Waals surface area contributed by atoms with Crippen molar-refractivity contribution in [2.45, 2.75) is 0 Å². The van der Waals surface area contributed by atoms with Gasteiger partial charge in [0, 0.05) is 5.56 Å². The van der Waals surface area contributed by atoms with Crippen molar-refractivity contribution in [2.24, 2.45) is 0 Å². The number of benzene rings is 2. The topological polar surface area (TPSA) is 73.1 Å². The van der Waals surface area contributed by atoms with Crippen molar-refractivity contribution < 1.29 is 18.4 Å². The molecule has 4 aromatic rings. The van der Waals surface area contributed by atoms with Gasteiger partial charge in [0.25, 0.3) is 0 Å². The molecule has 128 valence electrons. The lowest BCUT2D eigenvalue weighted by Crippen LogP contribution is -1.84. The Morgan fingerprint density at radius 3 is 2.31 bits per heavy atom. The second-order valence-electron chi connectivity index (χ2n) is 5.11. The minimum absolute atomic E-state index is 0.248. The first-order valence-corrected chi connectivity index (χ1v) is 8.20. The van der Waals surface area contributed by atoms with Crippen LogP contribution in [0.5, 0.6) is 0 Å². The summed E-state index contributed by atoms with van der Waals surface area (Å²) in [5.41, 5.74) is 3.58. The zero-order chi connectivity index (χ0) is 18.4. The molecule has 2 aromatic heterocycles. The molecular formula is C19H11FN2O3S. The third-order valence-corrected chi connectivity index (χ3v) is 4.24. The van der Waals surface area contributed by atoms with Gasteiger partial charge in [-0.15, -0.1) is 0 Å². The van der Waals surface area contributed by atoms with E-state index >= 15 is 0 Å². The molecule has 5 nitrogen and oxygen atoms in total. The Bertz CT molecular complexity index is 1040. The molecule has 0 fully saturated rings. The molecule has 0 N–H and O–H groups in total. The van der Waals surface area contributed by atoms with E-state index in [-0.39, 0.29) is 12.0 Å². The maximum absolute atomic E-state index is 13.4. The van der Waals surface area contributed by atoms with Crippen LogP contribution >= 0.6 is 11.5 Å². The van der Waals surface area contributed by atoms with Crippen molar-refractivity contribution in [3.63, 3.8) is 0 Å². The van der Waals surface area contributed by atoms with E-state index in [0.717, 1.165) is 27.3 Å². The van der Waals surface area contributed by atoms with Crippen LogP contribution in [0.25, 0.3) is 33.1 Å². The number of nitrogens with zero attached hydrogens (tertiary/aromatic N) is 2. The van der Waals surface area contributed by atoms with Crippen molar-refractivity contribution in [3.05, 3.63) is 72.9 Å². The predicted octanol–water partition coefficient (Wildman–Crippen LogP) is 4.69. The van der Waals surface area contributed by atoms with E-state index in [2.05, 4.69) is 9.36 Å². The van der Waals surface area contributed by atoms with Gasteiger partial charge in [0.2, 0.25) is 0 Å². The fraction of sp³-hybridized carbons (Fsp3) is 0. The van der Waals surface area contributed by atoms with E-state index in [1.54, 1.807) is 18.6 Å². The van der Waals surface area contributed by atoms with Gasteiger partial charge in [-0.2, -0.15) is 14.0 Å². The second kappa shape index (κ2) is 8.11. The van der Waals surface area contributed by atoms with Crippen LogP contribution in [0.1, 0.15) is 0 Å². The largest absolute Gasteiger partial charge is 0.472 e. The van der Waals surface area contributed by atoms with Crippen LogP contribution in [0.15, 0.2) is 71.5 Å². The van der Waals surface area contributed by atoms with Crippen LogP contribution < -0.4 is 0 Å². The molecule has 0 aliphatic carbocycles. The molecule has 0 unspecified atom stereocenters. The molecule has 26 heavy (non-hydrogen) atoms. The Labute approximate surface area is 151 Å². The van der Waals surface area contributed by atoms with Crippen molar-refractivity contribution in [1.29, 1.82) is 0 Å². The molecule has 0 saturated carbocycles. The van der Waals surface area contributed by atoms with Gasteiger partial charge in [-0.3, -0.25) is 0 Å².